The van der Waals surface area contributed by atoms with Crippen molar-refractivity contribution in [1.29, 1.82) is 0 Å². The number of pyridine rings is 1. The van der Waals surface area contributed by atoms with Crippen LogP contribution in [0.15, 0.2) is 63.9 Å². The van der Waals surface area contributed by atoms with E-state index in [1.165, 1.54) is 18.3 Å². The summed E-state index contributed by atoms with van der Waals surface area (Å²) in [5.41, 5.74) is 1.62. The van der Waals surface area contributed by atoms with Crippen molar-refractivity contribution in [3.63, 3.8) is 0 Å². The number of aryl methyl sites for hydroxylation is 1. The van der Waals surface area contributed by atoms with Crippen molar-refractivity contribution in [2.75, 3.05) is 0 Å². The predicted molar refractivity (Wildman–Crippen MR) is 94.1 cm³/mol. The molecule has 0 bridgehead atoms. The van der Waals surface area contributed by atoms with Gasteiger partial charge in [-0.15, -0.1) is 0 Å². The molecule has 2 aromatic heterocycles. The van der Waals surface area contributed by atoms with Crippen LogP contribution in [0.5, 0.6) is 5.75 Å². The lowest BCUT2D eigenvalue weighted by molar-refractivity contribution is 0.103. The van der Waals surface area contributed by atoms with Gasteiger partial charge in [0.2, 0.25) is 0 Å². The molecule has 0 aliphatic heterocycles. The molecule has 1 N–H and O–H groups in total. The molecule has 4 aromatic rings. The predicted octanol–water partition coefficient (Wildman–Crippen LogP) is 3.59. The molecule has 5 heteroatoms. The van der Waals surface area contributed by atoms with Crippen LogP contribution in [0, 0.1) is 6.92 Å². The number of phenolic OH excluding ortho intramolecular Hbond substituents is 1. The number of rotatable bonds is 2. The molecule has 25 heavy (non-hydrogen) atoms. The van der Waals surface area contributed by atoms with E-state index < -0.39 is 11.4 Å². The lowest BCUT2D eigenvalue weighted by atomic mass is 10.0. The lowest BCUT2D eigenvalue weighted by Gasteiger charge is -2.07. The van der Waals surface area contributed by atoms with E-state index in [0.717, 1.165) is 5.56 Å². The first-order valence-electron chi connectivity index (χ1n) is 7.70. The first-order chi connectivity index (χ1) is 12.0. The highest BCUT2D eigenvalue weighted by atomic mass is 16.4. The summed E-state index contributed by atoms with van der Waals surface area (Å²) in [6.07, 6.45) is 1.42. The molecule has 0 unspecified atom stereocenters. The second kappa shape index (κ2) is 5.56. The van der Waals surface area contributed by atoms with Crippen molar-refractivity contribution >= 4 is 27.7 Å². The quantitative estimate of drug-likeness (QED) is 0.345. The van der Waals surface area contributed by atoms with Gasteiger partial charge in [-0.25, -0.2) is 4.79 Å². The minimum atomic E-state index is -0.552. The first-order valence-corrected chi connectivity index (χ1v) is 7.70. The normalized spacial score (nSPS) is 11.1. The summed E-state index contributed by atoms with van der Waals surface area (Å²) in [5, 5.41) is 10.9. The largest absolute Gasteiger partial charge is 0.507 e. The molecule has 0 saturated heterocycles. The number of hydrogen-bond donors (Lipinski definition) is 1. The fraction of sp³-hybridized carbons (Fsp3) is 0.0500. The van der Waals surface area contributed by atoms with Crippen LogP contribution in [0.3, 0.4) is 0 Å². The number of ketones is 1. The van der Waals surface area contributed by atoms with Crippen molar-refractivity contribution in [1.82, 2.24) is 4.98 Å². The zero-order chi connectivity index (χ0) is 17.6. The van der Waals surface area contributed by atoms with E-state index in [9.17, 15) is 14.7 Å². The topological polar surface area (TPSA) is 80.4 Å². The number of phenols is 1. The van der Waals surface area contributed by atoms with Gasteiger partial charge in [0.25, 0.3) is 0 Å². The molecule has 0 fully saturated rings. The number of aromatic hydroxyl groups is 1. The molecule has 4 rings (SSSR count). The van der Waals surface area contributed by atoms with E-state index in [-0.39, 0.29) is 22.3 Å². The molecular weight excluding hydrogens is 318 g/mol. The fourth-order valence-electron chi connectivity index (χ4n) is 2.85. The van der Waals surface area contributed by atoms with Gasteiger partial charge in [-0.05, 0) is 37.3 Å². The van der Waals surface area contributed by atoms with Crippen LogP contribution in [0.2, 0.25) is 0 Å². The molecule has 0 atom stereocenters. The highest BCUT2D eigenvalue weighted by Gasteiger charge is 2.17. The van der Waals surface area contributed by atoms with Crippen molar-refractivity contribution in [3.8, 4) is 5.75 Å². The molecule has 0 saturated carbocycles. The van der Waals surface area contributed by atoms with E-state index in [4.69, 9.17) is 4.42 Å². The van der Waals surface area contributed by atoms with Gasteiger partial charge in [0, 0.05) is 17.1 Å². The van der Waals surface area contributed by atoms with Crippen LogP contribution in [-0.2, 0) is 0 Å². The van der Waals surface area contributed by atoms with Crippen LogP contribution in [0.4, 0.5) is 0 Å². The Hall–Kier alpha value is -3.47. The Bertz CT molecular complexity index is 1210. The monoisotopic (exact) mass is 331 g/mol. The Balaban J connectivity index is 1.94. The molecular formula is C20H13NO4. The van der Waals surface area contributed by atoms with Gasteiger partial charge in [0.15, 0.2) is 5.78 Å². The fourth-order valence-corrected chi connectivity index (χ4v) is 2.85. The van der Waals surface area contributed by atoms with Crippen molar-refractivity contribution in [2.24, 2.45) is 0 Å². The average molecular weight is 331 g/mol. The summed E-state index contributed by atoms with van der Waals surface area (Å²) >= 11 is 0. The Morgan fingerprint density at radius 1 is 1.08 bits per heavy atom. The Kier molecular flexibility index (Phi) is 3.35. The maximum atomic E-state index is 12.7. The van der Waals surface area contributed by atoms with E-state index in [1.807, 2.05) is 19.1 Å². The smallest absolute Gasteiger partial charge is 0.345 e. The highest BCUT2D eigenvalue weighted by molar-refractivity contribution is 6.12. The van der Waals surface area contributed by atoms with Gasteiger partial charge in [-0.3, -0.25) is 9.78 Å². The first kappa shape index (κ1) is 15.1. The van der Waals surface area contributed by atoms with Crippen LogP contribution < -0.4 is 5.63 Å². The zero-order valence-electron chi connectivity index (χ0n) is 13.3. The number of fused-ring (bicyclic) bond motifs is 3. The second-order valence-electron chi connectivity index (χ2n) is 5.86. The molecule has 0 radical (unpaired) electrons. The van der Waals surface area contributed by atoms with Gasteiger partial charge < -0.3 is 9.52 Å². The number of carbonyl (C=O) groups is 1. The van der Waals surface area contributed by atoms with Gasteiger partial charge in [-0.2, -0.15) is 0 Å². The number of para-hydroxylation sites is 1. The average Bonchev–Trinajstić information content (AvgIpc) is 2.63. The summed E-state index contributed by atoms with van der Waals surface area (Å²) in [7, 11) is 0. The Labute approximate surface area is 142 Å². The summed E-state index contributed by atoms with van der Waals surface area (Å²) in [6, 6.07) is 13.4. The molecule has 2 heterocycles. The molecule has 0 amide bonds. The van der Waals surface area contributed by atoms with Crippen LogP contribution in [-0.4, -0.2) is 15.9 Å². The number of carbonyl (C=O) groups excluding carboxylic acids is 1. The van der Waals surface area contributed by atoms with Gasteiger partial charge in [-0.1, -0.05) is 23.8 Å². The Morgan fingerprint density at radius 2 is 1.88 bits per heavy atom. The van der Waals surface area contributed by atoms with E-state index in [0.29, 0.717) is 16.5 Å². The summed E-state index contributed by atoms with van der Waals surface area (Å²) in [4.78, 5) is 29.3. The number of aromatic nitrogens is 1. The van der Waals surface area contributed by atoms with E-state index in [2.05, 4.69) is 4.98 Å². The van der Waals surface area contributed by atoms with Crippen LogP contribution in [0.25, 0.3) is 21.9 Å². The molecule has 122 valence electrons. The van der Waals surface area contributed by atoms with E-state index >= 15 is 0 Å². The summed E-state index contributed by atoms with van der Waals surface area (Å²) < 4.78 is 5.30. The third-order valence-electron chi connectivity index (χ3n) is 4.11. The Morgan fingerprint density at radius 3 is 2.72 bits per heavy atom. The van der Waals surface area contributed by atoms with Crippen molar-refractivity contribution < 1.29 is 14.3 Å². The standard InChI is InChI=1S/C20H13NO4/c1-11-6-7-16(22)14(8-11)19(23)12-9-15-18(21-10-12)13-4-2-3-5-17(13)25-20(15)24/h2-10,22H,1H3. The van der Waals surface area contributed by atoms with Crippen LogP contribution >= 0.6 is 0 Å². The third kappa shape index (κ3) is 2.46. The second-order valence-corrected chi connectivity index (χ2v) is 5.86. The van der Waals surface area contributed by atoms with Gasteiger partial charge in [0.1, 0.15) is 11.3 Å². The highest BCUT2D eigenvalue weighted by Crippen LogP contribution is 2.25. The summed E-state index contributed by atoms with van der Waals surface area (Å²) in [5.74, 6) is -0.510. The van der Waals surface area contributed by atoms with Crippen molar-refractivity contribution in [2.45, 2.75) is 6.92 Å². The number of benzene rings is 2. The van der Waals surface area contributed by atoms with Gasteiger partial charge in [0.05, 0.1) is 16.5 Å². The molecule has 0 aliphatic rings. The molecule has 5 nitrogen and oxygen atoms in total. The third-order valence-corrected chi connectivity index (χ3v) is 4.11. The summed E-state index contributed by atoms with van der Waals surface area (Å²) in [6.45, 7) is 1.83. The SMILES string of the molecule is Cc1ccc(O)c(C(=O)c2cnc3c(c2)c(=O)oc2ccccc23)c1. The lowest BCUT2D eigenvalue weighted by Crippen LogP contribution is -2.07. The minimum Gasteiger partial charge on any atom is -0.507 e. The van der Waals surface area contributed by atoms with Gasteiger partial charge >= 0.3 is 5.63 Å². The molecule has 0 spiro atoms. The number of hydrogen-bond acceptors (Lipinski definition) is 5. The van der Waals surface area contributed by atoms with Crippen LogP contribution in [0.1, 0.15) is 21.5 Å². The molecule has 0 aliphatic carbocycles. The minimum absolute atomic E-state index is 0.110. The number of nitrogens with zero attached hydrogens (tertiary/aromatic N) is 1. The van der Waals surface area contributed by atoms with E-state index in [1.54, 1.807) is 24.3 Å². The zero-order valence-corrected chi connectivity index (χ0v) is 13.3. The van der Waals surface area contributed by atoms with Crippen molar-refractivity contribution in [3.05, 3.63) is 81.8 Å². The maximum absolute atomic E-state index is 12.7. The maximum Gasteiger partial charge on any atom is 0.345 e. The molecule has 2 aromatic carbocycles.